The van der Waals surface area contributed by atoms with Crippen molar-refractivity contribution < 1.29 is 49.0 Å². The van der Waals surface area contributed by atoms with Crippen LogP contribution < -0.4 is 9.80 Å². The summed E-state index contributed by atoms with van der Waals surface area (Å²) in [5.41, 5.74) is -4.60. The van der Waals surface area contributed by atoms with E-state index < -0.39 is 65.6 Å². The first kappa shape index (κ1) is 35.8. The molecule has 0 aliphatic carbocycles. The number of aryl methyl sites for hydroxylation is 2. The van der Waals surface area contributed by atoms with Crippen LogP contribution in [0.2, 0.25) is 0 Å². The van der Waals surface area contributed by atoms with E-state index in [1.165, 1.54) is 24.9 Å². The molecule has 2 unspecified atom stereocenters. The number of hydrogen-bond acceptors (Lipinski definition) is 6. The largest absolute Gasteiger partial charge is 0.446 e. The van der Waals surface area contributed by atoms with Crippen LogP contribution in [-0.2, 0) is 43.3 Å². The van der Waals surface area contributed by atoms with Crippen molar-refractivity contribution in [1.29, 1.82) is 0 Å². The zero-order valence-corrected chi connectivity index (χ0v) is 26.1. The number of amides is 1. The minimum absolute atomic E-state index is 0.00317. The van der Waals surface area contributed by atoms with Gasteiger partial charge in [-0.05, 0) is 78.3 Å². The normalized spacial score (nSPS) is 16.6. The van der Waals surface area contributed by atoms with Crippen LogP contribution in [-0.4, -0.2) is 38.9 Å². The van der Waals surface area contributed by atoms with E-state index in [1.807, 2.05) is 0 Å². The standard InChI is InChI=1S/C30H33F9N6O2/c1-6-19-12-22-24(8-7-9-44(27(46)47-17(4)16(2)3)25(22)14-23(19)30(37,38)39)45(26-40-42-43(5)41-26)15-18-10-20(28(31,32)33)13-21(11-18)29(34,35)36/h10-14,16-17,24H,6-9,15H2,1-5H3. The average Bonchev–Trinajstić information content (AvgIpc) is 3.30. The highest BCUT2D eigenvalue weighted by molar-refractivity contribution is 5.89. The maximum Gasteiger partial charge on any atom is 0.416 e. The van der Waals surface area contributed by atoms with Crippen LogP contribution in [0.4, 0.5) is 55.9 Å². The second-order valence-corrected chi connectivity index (χ2v) is 11.7. The summed E-state index contributed by atoms with van der Waals surface area (Å²) in [6.45, 7) is 6.03. The number of benzene rings is 2. The van der Waals surface area contributed by atoms with Crippen molar-refractivity contribution in [3.63, 3.8) is 0 Å². The number of carbonyl (C=O) groups is 1. The number of anilines is 2. The van der Waals surface area contributed by atoms with E-state index in [0.29, 0.717) is 12.1 Å². The Labute approximate surface area is 264 Å². The number of fused-ring (bicyclic) bond motifs is 1. The average molecular weight is 681 g/mol. The molecule has 3 aromatic rings. The first-order valence-electron chi connectivity index (χ1n) is 14.7. The van der Waals surface area contributed by atoms with Gasteiger partial charge in [0.25, 0.3) is 5.95 Å². The lowest BCUT2D eigenvalue weighted by Crippen LogP contribution is -2.36. The lowest BCUT2D eigenvalue weighted by atomic mass is 9.93. The molecule has 2 atom stereocenters. The number of ether oxygens (including phenoxy) is 1. The van der Waals surface area contributed by atoms with Gasteiger partial charge in [0.05, 0.1) is 35.5 Å². The van der Waals surface area contributed by atoms with Crippen LogP contribution in [0.1, 0.15) is 80.0 Å². The Hall–Kier alpha value is -4.05. The monoisotopic (exact) mass is 680 g/mol. The second-order valence-electron chi connectivity index (χ2n) is 11.7. The summed E-state index contributed by atoms with van der Waals surface area (Å²) in [4.78, 5) is 16.8. The van der Waals surface area contributed by atoms with Gasteiger partial charge >= 0.3 is 24.6 Å². The number of alkyl halides is 9. The molecule has 47 heavy (non-hydrogen) atoms. The van der Waals surface area contributed by atoms with Gasteiger partial charge in [-0.1, -0.05) is 31.9 Å². The van der Waals surface area contributed by atoms with E-state index >= 15 is 0 Å². The smallest absolute Gasteiger partial charge is 0.416 e. The topological polar surface area (TPSA) is 76.4 Å². The van der Waals surface area contributed by atoms with Crippen molar-refractivity contribution in [1.82, 2.24) is 20.2 Å². The van der Waals surface area contributed by atoms with Gasteiger partial charge in [0.1, 0.15) is 6.10 Å². The van der Waals surface area contributed by atoms with Gasteiger partial charge in [-0.25, -0.2) is 4.79 Å². The van der Waals surface area contributed by atoms with Gasteiger partial charge in [0.2, 0.25) is 0 Å². The molecule has 0 bridgehead atoms. The van der Waals surface area contributed by atoms with Crippen LogP contribution in [0.25, 0.3) is 0 Å². The molecule has 1 aliphatic heterocycles. The number of halogens is 9. The molecule has 4 rings (SSSR count). The summed E-state index contributed by atoms with van der Waals surface area (Å²) in [5, 5.41) is 11.8. The fourth-order valence-electron chi connectivity index (χ4n) is 5.32. The van der Waals surface area contributed by atoms with Crippen LogP contribution in [0.5, 0.6) is 0 Å². The first-order chi connectivity index (χ1) is 21.7. The summed E-state index contributed by atoms with van der Waals surface area (Å²) in [5.74, 6) is -0.310. The lowest BCUT2D eigenvalue weighted by Gasteiger charge is -2.33. The van der Waals surface area contributed by atoms with Crippen molar-refractivity contribution >= 4 is 17.7 Å². The quantitative estimate of drug-likeness (QED) is 0.234. The molecule has 0 saturated carbocycles. The van der Waals surface area contributed by atoms with Crippen LogP contribution in [0.3, 0.4) is 0 Å². The Morgan fingerprint density at radius 1 is 0.957 bits per heavy atom. The maximum absolute atomic E-state index is 14.3. The van der Waals surface area contributed by atoms with Gasteiger partial charge < -0.3 is 9.64 Å². The molecule has 8 nitrogen and oxygen atoms in total. The van der Waals surface area contributed by atoms with Gasteiger partial charge in [-0.15, -0.1) is 5.10 Å². The zero-order valence-electron chi connectivity index (χ0n) is 26.1. The molecule has 258 valence electrons. The number of nitrogens with zero attached hydrogens (tertiary/aromatic N) is 6. The highest BCUT2D eigenvalue weighted by atomic mass is 19.4. The minimum atomic E-state index is -5.11. The maximum atomic E-state index is 14.3. The first-order valence-corrected chi connectivity index (χ1v) is 14.7. The van der Waals surface area contributed by atoms with Crippen molar-refractivity contribution in [2.45, 2.75) is 84.2 Å². The Kier molecular flexibility index (Phi) is 10.1. The van der Waals surface area contributed by atoms with E-state index in [1.54, 1.807) is 20.8 Å². The van der Waals surface area contributed by atoms with Crippen molar-refractivity contribution in [3.8, 4) is 0 Å². The summed E-state index contributed by atoms with van der Waals surface area (Å²) in [6, 6.07) is 2.22. The third kappa shape index (κ3) is 8.09. The van der Waals surface area contributed by atoms with Gasteiger partial charge in [-0.2, -0.15) is 44.3 Å². The molecule has 2 heterocycles. The summed E-state index contributed by atoms with van der Waals surface area (Å²) < 4.78 is 131. The molecule has 1 aromatic heterocycles. The summed E-state index contributed by atoms with van der Waals surface area (Å²) >= 11 is 0. The molecule has 0 saturated heterocycles. The zero-order chi connectivity index (χ0) is 35.1. The van der Waals surface area contributed by atoms with E-state index in [9.17, 15) is 44.3 Å². The van der Waals surface area contributed by atoms with E-state index in [2.05, 4.69) is 15.4 Å². The van der Waals surface area contributed by atoms with Crippen molar-refractivity contribution in [2.24, 2.45) is 13.0 Å². The fourth-order valence-corrected chi connectivity index (χ4v) is 5.32. The third-order valence-corrected chi connectivity index (χ3v) is 8.03. The molecule has 1 amide bonds. The van der Waals surface area contributed by atoms with E-state index in [-0.39, 0.29) is 60.6 Å². The molecule has 0 spiro atoms. The summed E-state index contributed by atoms with van der Waals surface area (Å²) in [7, 11) is 1.39. The Morgan fingerprint density at radius 2 is 1.57 bits per heavy atom. The van der Waals surface area contributed by atoms with Gasteiger partial charge in [0, 0.05) is 13.1 Å². The number of hydrogen-bond donors (Lipinski definition) is 0. The molecular weight excluding hydrogens is 647 g/mol. The van der Waals surface area contributed by atoms with Gasteiger partial charge in [0.15, 0.2) is 0 Å². The number of aromatic nitrogens is 4. The number of tetrazole rings is 1. The minimum Gasteiger partial charge on any atom is -0.446 e. The molecule has 0 N–H and O–H groups in total. The highest BCUT2D eigenvalue weighted by Crippen LogP contribution is 2.45. The molecule has 2 aromatic carbocycles. The Balaban J connectivity index is 1.94. The number of rotatable bonds is 7. The molecule has 0 radical (unpaired) electrons. The lowest BCUT2D eigenvalue weighted by molar-refractivity contribution is -0.143. The van der Waals surface area contributed by atoms with Crippen molar-refractivity contribution in [3.05, 3.63) is 63.7 Å². The van der Waals surface area contributed by atoms with Crippen LogP contribution in [0.15, 0.2) is 30.3 Å². The highest BCUT2D eigenvalue weighted by Gasteiger charge is 2.40. The third-order valence-electron chi connectivity index (χ3n) is 8.03. The van der Waals surface area contributed by atoms with E-state index in [0.717, 1.165) is 15.8 Å². The van der Waals surface area contributed by atoms with E-state index in [4.69, 9.17) is 4.74 Å². The second kappa shape index (κ2) is 13.2. The summed E-state index contributed by atoms with van der Waals surface area (Å²) in [6.07, 6.45) is -16.3. The predicted octanol–water partition coefficient (Wildman–Crippen LogP) is 8.36. The van der Waals surface area contributed by atoms with Crippen LogP contribution >= 0.6 is 0 Å². The molecule has 17 heteroatoms. The van der Waals surface area contributed by atoms with Crippen LogP contribution in [0, 0.1) is 5.92 Å². The Morgan fingerprint density at radius 3 is 2.06 bits per heavy atom. The molecule has 0 fully saturated rings. The predicted molar refractivity (Wildman–Crippen MR) is 152 cm³/mol. The molecule has 1 aliphatic rings. The SMILES string of the molecule is CCc1cc2c(cc1C(F)(F)F)N(C(=O)OC(C)C(C)C)CCCC2N(Cc1cc(C(F)(F)F)cc(C(F)(F)F)c1)c1nnn(C)n1. The number of carbonyl (C=O) groups excluding carboxylic acids is 1. The Bertz CT molecular complexity index is 1550. The van der Waals surface area contributed by atoms with Crippen molar-refractivity contribution in [2.75, 3.05) is 16.3 Å². The fraction of sp³-hybridized carbons (Fsp3) is 0.533. The molecular formula is C30H33F9N6O2. The van der Waals surface area contributed by atoms with Gasteiger partial charge in [-0.3, -0.25) is 4.90 Å².